The molecule has 1 N–H and O–H groups in total. The Morgan fingerprint density at radius 3 is 2.47 bits per heavy atom. The lowest BCUT2D eigenvalue weighted by atomic mass is 9.98. The van der Waals surface area contributed by atoms with E-state index in [9.17, 15) is 0 Å². The van der Waals surface area contributed by atoms with E-state index in [1.54, 1.807) is 0 Å². The molecule has 1 saturated heterocycles. The van der Waals surface area contributed by atoms with Crippen LogP contribution in [-0.2, 0) is 0 Å². The van der Waals surface area contributed by atoms with Crippen molar-refractivity contribution in [1.29, 1.82) is 0 Å². The van der Waals surface area contributed by atoms with Gasteiger partial charge in [-0.1, -0.05) is 27.7 Å². The van der Waals surface area contributed by atoms with Gasteiger partial charge >= 0.3 is 0 Å². The SMILES string of the molecule is CCCNC(C(C)C)C1SCCSC1C. The van der Waals surface area contributed by atoms with E-state index in [1.165, 1.54) is 17.9 Å². The van der Waals surface area contributed by atoms with E-state index in [-0.39, 0.29) is 0 Å². The van der Waals surface area contributed by atoms with Crippen molar-refractivity contribution in [2.24, 2.45) is 5.92 Å². The number of hydrogen-bond donors (Lipinski definition) is 1. The van der Waals surface area contributed by atoms with Crippen LogP contribution >= 0.6 is 23.5 Å². The van der Waals surface area contributed by atoms with Crippen molar-refractivity contribution < 1.29 is 0 Å². The van der Waals surface area contributed by atoms with E-state index in [0.29, 0.717) is 6.04 Å². The summed E-state index contributed by atoms with van der Waals surface area (Å²) in [5.41, 5.74) is 0. The molecule has 0 aromatic heterocycles. The summed E-state index contributed by atoms with van der Waals surface area (Å²) in [4.78, 5) is 0. The van der Waals surface area contributed by atoms with Gasteiger partial charge in [0.25, 0.3) is 0 Å². The lowest BCUT2D eigenvalue weighted by molar-refractivity contribution is 0.386. The van der Waals surface area contributed by atoms with E-state index in [1.807, 2.05) is 0 Å². The van der Waals surface area contributed by atoms with Crippen molar-refractivity contribution in [3.05, 3.63) is 0 Å². The van der Waals surface area contributed by atoms with Crippen LogP contribution in [0.4, 0.5) is 0 Å². The molecule has 0 aromatic rings. The Balaban J connectivity index is 2.52. The third kappa shape index (κ3) is 4.20. The Morgan fingerprint density at radius 2 is 1.93 bits per heavy atom. The molecule has 3 atom stereocenters. The largest absolute Gasteiger partial charge is 0.313 e. The van der Waals surface area contributed by atoms with Crippen LogP contribution in [0, 0.1) is 5.92 Å². The highest BCUT2D eigenvalue weighted by Gasteiger charge is 2.31. The molecule has 0 aromatic carbocycles. The fourth-order valence-corrected chi connectivity index (χ4v) is 5.22. The first kappa shape index (κ1) is 13.7. The quantitative estimate of drug-likeness (QED) is 0.801. The van der Waals surface area contributed by atoms with Crippen LogP contribution in [0.5, 0.6) is 0 Å². The Morgan fingerprint density at radius 1 is 1.27 bits per heavy atom. The van der Waals surface area contributed by atoms with Gasteiger partial charge in [-0.25, -0.2) is 0 Å². The molecular formula is C12H25NS2. The van der Waals surface area contributed by atoms with Gasteiger partial charge in [-0.15, -0.1) is 0 Å². The maximum atomic E-state index is 3.73. The fourth-order valence-electron chi connectivity index (χ4n) is 2.09. The van der Waals surface area contributed by atoms with Crippen molar-refractivity contribution in [3.8, 4) is 0 Å². The van der Waals surface area contributed by atoms with E-state index in [4.69, 9.17) is 0 Å². The predicted molar refractivity (Wildman–Crippen MR) is 75.1 cm³/mol. The normalized spacial score (nSPS) is 29.4. The van der Waals surface area contributed by atoms with Gasteiger partial charge in [0.1, 0.15) is 0 Å². The molecule has 15 heavy (non-hydrogen) atoms. The minimum absolute atomic E-state index is 0.692. The van der Waals surface area contributed by atoms with Crippen LogP contribution in [0.15, 0.2) is 0 Å². The average Bonchev–Trinajstić information content (AvgIpc) is 2.20. The highest BCUT2D eigenvalue weighted by atomic mass is 32.2. The van der Waals surface area contributed by atoms with Gasteiger partial charge in [-0.2, -0.15) is 23.5 Å². The van der Waals surface area contributed by atoms with E-state index in [0.717, 1.165) is 23.0 Å². The van der Waals surface area contributed by atoms with Gasteiger partial charge < -0.3 is 5.32 Å². The first-order valence-corrected chi connectivity index (χ1v) is 8.23. The van der Waals surface area contributed by atoms with Gasteiger partial charge in [0.05, 0.1) is 0 Å². The van der Waals surface area contributed by atoms with E-state index < -0.39 is 0 Å². The molecule has 3 heteroatoms. The Kier molecular flexibility index (Phi) is 6.48. The summed E-state index contributed by atoms with van der Waals surface area (Å²) in [6.07, 6.45) is 1.24. The summed E-state index contributed by atoms with van der Waals surface area (Å²) >= 11 is 4.32. The second kappa shape index (κ2) is 7.08. The van der Waals surface area contributed by atoms with Crippen molar-refractivity contribution >= 4 is 23.5 Å². The maximum Gasteiger partial charge on any atom is 0.0320 e. The van der Waals surface area contributed by atoms with Crippen LogP contribution in [0.3, 0.4) is 0 Å². The molecule has 1 rings (SSSR count). The third-order valence-electron chi connectivity index (χ3n) is 2.94. The minimum Gasteiger partial charge on any atom is -0.313 e. The molecular weight excluding hydrogens is 222 g/mol. The van der Waals surface area contributed by atoms with Crippen LogP contribution in [0.1, 0.15) is 34.1 Å². The van der Waals surface area contributed by atoms with Crippen LogP contribution < -0.4 is 5.32 Å². The van der Waals surface area contributed by atoms with E-state index in [2.05, 4.69) is 56.5 Å². The number of thioether (sulfide) groups is 2. The fraction of sp³-hybridized carbons (Fsp3) is 1.00. The molecule has 3 unspecified atom stereocenters. The molecule has 1 aliphatic rings. The molecule has 0 bridgehead atoms. The van der Waals surface area contributed by atoms with Gasteiger partial charge in [0, 0.05) is 28.0 Å². The van der Waals surface area contributed by atoms with Crippen molar-refractivity contribution in [2.75, 3.05) is 18.1 Å². The lowest BCUT2D eigenvalue weighted by Gasteiger charge is -2.37. The summed E-state index contributed by atoms with van der Waals surface area (Å²) < 4.78 is 0. The molecule has 0 saturated carbocycles. The third-order valence-corrected chi connectivity index (χ3v) is 6.15. The molecule has 0 spiro atoms. The molecule has 0 radical (unpaired) electrons. The molecule has 0 amide bonds. The number of rotatable bonds is 5. The predicted octanol–water partition coefficient (Wildman–Crippen LogP) is 3.25. The minimum atomic E-state index is 0.692. The van der Waals surface area contributed by atoms with Gasteiger partial charge in [-0.05, 0) is 18.9 Å². The average molecular weight is 247 g/mol. The monoisotopic (exact) mass is 247 g/mol. The maximum absolute atomic E-state index is 3.73. The summed E-state index contributed by atoms with van der Waals surface area (Å²) in [5.74, 6) is 3.41. The standard InChI is InChI=1S/C12H25NS2/c1-5-6-13-11(9(2)3)12-10(4)14-7-8-15-12/h9-13H,5-8H2,1-4H3. The highest BCUT2D eigenvalue weighted by molar-refractivity contribution is 8.07. The molecule has 1 aliphatic heterocycles. The second-order valence-electron chi connectivity index (χ2n) is 4.64. The molecule has 1 heterocycles. The van der Waals surface area contributed by atoms with Gasteiger partial charge in [0.2, 0.25) is 0 Å². The zero-order valence-electron chi connectivity index (χ0n) is 10.5. The van der Waals surface area contributed by atoms with E-state index >= 15 is 0 Å². The zero-order chi connectivity index (χ0) is 11.3. The molecule has 1 nitrogen and oxygen atoms in total. The number of nitrogens with one attached hydrogen (secondary N) is 1. The Labute approximate surface area is 104 Å². The smallest absolute Gasteiger partial charge is 0.0320 e. The van der Waals surface area contributed by atoms with Crippen molar-refractivity contribution in [1.82, 2.24) is 5.32 Å². The first-order valence-electron chi connectivity index (χ1n) is 6.13. The van der Waals surface area contributed by atoms with Crippen LogP contribution in [0.2, 0.25) is 0 Å². The highest BCUT2D eigenvalue weighted by Crippen LogP contribution is 2.34. The summed E-state index contributed by atoms with van der Waals surface area (Å²) in [6, 6.07) is 0.692. The zero-order valence-corrected chi connectivity index (χ0v) is 12.1. The summed E-state index contributed by atoms with van der Waals surface area (Å²) in [7, 11) is 0. The summed E-state index contributed by atoms with van der Waals surface area (Å²) in [5, 5.41) is 5.34. The molecule has 0 aliphatic carbocycles. The van der Waals surface area contributed by atoms with Gasteiger partial charge in [-0.3, -0.25) is 0 Å². The lowest BCUT2D eigenvalue weighted by Crippen LogP contribution is -2.47. The summed E-state index contributed by atoms with van der Waals surface area (Å²) in [6.45, 7) is 10.5. The van der Waals surface area contributed by atoms with Crippen LogP contribution in [-0.4, -0.2) is 34.6 Å². The van der Waals surface area contributed by atoms with Crippen molar-refractivity contribution in [2.45, 2.75) is 50.7 Å². The topological polar surface area (TPSA) is 12.0 Å². The Hall–Kier alpha value is 0.660. The van der Waals surface area contributed by atoms with Crippen LogP contribution in [0.25, 0.3) is 0 Å². The second-order valence-corrected chi connectivity index (χ2v) is 7.41. The Bertz CT molecular complexity index is 173. The number of hydrogen-bond acceptors (Lipinski definition) is 3. The molecule has 90 valence electrons. The first-order chi connectivity index (χ1) is 7.16. The van der Waals surface area contributed by atoms with Crippen molar-refractivity contribution in [3.63, 3.8) is 0 Å². The van der Waals surface area contributed by atoms with Gasteiger partial charge in [0.15, 0.2) is 0 Å². The molecule has 1 fully saturated rings.